The van der Waals surface area contributed by atoms with Crippen LogP contribution in [0.3, 0.4) is 0 Å². The van der Waals surface area contributed by atoms with E-state index in [-0.39, 0.29) is 24.4 Å². The van der Waals surface area contributed by atoms with Gasteiger partial charge in [-0.25, -0.2) is 4.79 Å². The van der Waals surface area contributed by atoms with Crippen molar-refractivity contribution >= 4 is 23.8 Å². The van der Waals surface area contributed by atoms with Gasteiger partial charge in [-0.3, -0.25) is 19.2 Å². The lowest BCUT2D eigenvalue weighted by molar-refractivity contribution is -0.174. The van der Waals surface area contributed by atoms with Crippen molar-refractivity contribution in [2.45, 2.75) is 19.8 Å². The van der Waals surface area contributed by atoms with E-state index in [0.717, 1.165) is 0 Å². The zero-order valence-electron chi connectivity index (χ0n) is 10.6. The number of imide groups is 1. The molecule has 7 heteroatoms. The van der Waals surface area contributed by atoms with Crippen LogP contribution in [-0.2, 0) is 14.4 Å². The first-order chi connectivity index (χ1) is 9.47. The minimum Gasteiger partial charge on any atom is -0.393 e. The molecule has 0 aromatic heterocycles. The average molecular weight is 277 g/mol. The van der Waals surface area contributed by atoms with Crippen molar-refractivity contribution < 1.29 is 28.8 Å². The van der Waals surface area contributed by atoms with Gasteiger partial charge in [0, 0.05) is 18.4 Å². The van der Waals surface area contributed by atoms with Crippen molar-refractivity contribution in [3.8, 4) is 5.75 Å². The van der Waals surface area contributed by atoms with Crippen LogP contribution in [0.1, 0.15) is 30.1 Å². The summed E-state index contributed by atoms with van der Waals surface area (Å²) < 4.78 is 4.80. The quantitative estimate of drug-likeness (QED) is 0.359. The molecule has 1 aliphatic heterocycles. The third-order valence-electron chi connectivity index (χ3n) is 2.61. The summed E-state index contributed by atoms with van der Waals surface area (Å²) >= 11 is 0. The summed E-state index contributed by atoms with van der Waals surface area (Å²) in [5.41, 5.74) is 0.364. The molecule has 104 valence electrons. The van der Waals surface area contributed by atoms with E-state index in [2.05, 4.69) is 4.84 Å². The number of benzene rings is 1. The minimum absolute atomic E-state index is 0.00589. The first kappa shape index (κ1) is 13.7. The summed E-state index contributed by atoms with van der Waals surface area (Å²) in [4.78, 5) is 49.7. The summed E-state index contributed by atoms with van der Waals surface area (Å²) in [7, 11) is 0. The van der Waals surface area contributed by atoms with Crippen LogP contribution in [0.5, 0.6) is 5.75 Å². The highest BCUT2D eigenvalue weighted by Gasteiger charge is 2.33. The highest BCUT2D eigenvalue weighted by molar-refractivity contribution is 6.01. The SMILES string of the molecule is CC(=O)c1cccc(OC(=O)ON2C(=O)CCC2=O)c1. The zero-order chi connectivity index (χ0) is 14.7. The van der Waals surface area contributed by atoms with Crippen LogP contribution in [0.2, 0.25) is 0 Å². The van der Waals surface area contributed by atoms with Gasteiger partial charge in [-0.1, -0.05) is 17.2 Å². The lowest BCUT2D eigenvalue weighted by Gasteiger charge is -2.12. The van der Waals surface area contributed by atoms with Gasteiger partial charge < -0.3 is 4.74 Å². The molecule has 0 N–H and O–H groups in total. The molecule has 1 aromatic rings. The molecule has 1 aliphatic rings. The van der Waals surface area contributed by atoms with Crippen LogP contribution in [0, 0.1) is 0 Å². The fourth-order valence-corrected chi connectivity index (χ4v) is 1.63. The van der Waals surface area contributed by atoms with E-state index in [1.54, 1.807) is 6.07 Å². The predicted octanol–water partition coefficient (Wildman–Crippen LogP) is 1.47. The predicted molar refractivity (Wildman–Crippen MR) is 64.6 cm³/mol. The molecule has 2 rings (SSSR count). The number of hydrogen-bond donors (Lipinski definition) is 0. The largest absolute Gasteiger partial charge is 0.539 e. The van der Waals surface area contributed by atoms with E-state index >= 15 is 0 Å². The van der Waals surface area contributed by atoms with Gasteiger partial charge in [-0.2, -0.15) is 0 Å². The van der Waals surface area contributed by atoms with Crippen molar-refractivity contribution in [3.63, 3.8) is 0 Å². The van der Waals surface area contributed by atoms with Crippen molar-refractivity contribution in [3.05, 3.63) is 29.8 Å². The Balaban J connectivity index is 2.01. The zero-order valence-corrected chi connectivity index (χ0v) is 10.6. The molecule has 1 aromatic carbocycles. The number of amides is 2. The number of hydroxylamine groups is 2. The van der Waals surface area contributed by atoms with Gasteiger partial charge in [0.1, 0.15) is 5.75 Å². The van der Waals surface area contributed by atoms with Crippen molar-refractivity contribution in [1.29, 1.82) is 0 Å². The second kappa shape index (κ2) is 5.52. The number of hydrogen-bond acceptors (Lipinski definition) is 6. The number of Topliss-reactive ketones (excluding diaryl/α,β-unsaturated/α-hetero) is 1. The van der Waals surface area contributed by atoms with Crippen molar-refractivity contribution in [2.75, 3.05) is 0 Å². The van der Waals surface area contributed by atoms with Crippen LogP contribution in [-0.4, -0.2) is 28.8 Å². The van der Waals surface area contributed by atoms with Gasteiger partial charge in [0.25, 0.3) is 11.8 Å². The summed E-state index contributed by atoms with van der Waals surface area (Å²) in [5, 5.41) is 0.386. The summed E-state index contributed by atoms with van der Waals surface area (Å²) in [6.07, 6.45) is -1.20. The first-order valence-electron chi connectivity index (χ1n) is 5.84. The molecule has 0 bridgehead atoms. The molecule has 0 spiro atoms. The van der Waals surface area contributed by atoms with Gasteiger partial charge >= 0.3 is 6.16 Å². The van der Waals surface area contributed by atoms with Crippen LogP contribution in [0.4, 0.5) is 4.79 Å². The van der Waals surface area contributed by atoms with Gasteiger partial charge in [-0.05, 0) is 19.1 Å². The van der Waals surface area contributed by atoms with Crippen molar-refractivity contribution in [1.82, 2.24) is 5.06 Å². The van der Waals surface area contributed by atoms with Gasteiger partial charge in [0.2, 0.25) is 0 Å². The van der Waals surface area contributed by atoms with E-state index in [1.807, 2.05) is 0 Å². The smallest absolute Gasteiger partial charge is 0.393 e. The van der Waals surface area contributed by atoms with E-state index < -0.39 is 18.0 Å². The summed E-state index contributed by atoms with van der Waals surface area (Å²) in [6, 6.07) is 5.90. The number of ketones is 1. The maximum absolute atomic E-state index is 11.5. The second-order valence-electron chi connectivity index (χ2n) is 4.11. The number of ether oxygens (including phenoxy) is 1. The second-order valence-corrected chi connectivity index (χ2v) is 4.11. The molecule has 0 saturated carbocycles. The molecular formula is C13H11NO6. The van der Waals surface area contributed by atoms with E-state index in [0.29, 0.717) is 10.6 Å². The highest BCUT2D eigenvalue weighted by atomic mass is 16.8. The fraction of sp³-hybridized carbons (Fsp3) is 0.231. The molecular weight excluding hydrogens is 266 g/mol. The van der Waals surface area contributed by atoms with Gasteiger partial charge in [0.15, 0.2) is 5.78 Å². The summed E-state index contributed by atoms with van der Waals surface area (Å²) in [5.74, 6) is -1.29. The Kier molecular flexibility index (Phi) is 3.79. The Morgan fingerprint density at radius 1 is 1.15 bits per heavy atom. The summed E-state index contributed by atoms with van der Waals surface area (Å²) in [6.45, 7) is 1.37. The standard InChI is InChI=1S/C13H11NO6/c1-8(15)9-3-2-4-10(7-9)19-13(18)20-14-11(16)5-6-12(14)17/h2-4,7H,5-6H2,1H3. The lowest BCUT2D eigenvalue weighted by atomic mass is 10.1. The maximum atomic E-state index is 11.5. The molecule has 1 fully saturated rings. The molecule has 0 atom stereocenters. The molecule has 2 amide bonds. The van der Waals surface area contributed by atoms with Crippen LogP contribution in [0.15, 0.2) is 24.3 Å². The third kappa shape index (κ3) is 3.00. The highest BCUT2D eigenvalue weighted by Crippen LogP contribution is 2.16. The molecule has 20 heavy (non-hydrogen) atoms. The van der Waals surface area contributed by atoms with Gasteiger partial charge in [-0.15, -0.1) is 0 Å². The van der Waals surface area contributed by atoms with Crippen LogP contribution < -0.4 is 4.74 Å². The van der Waals surface area contributed by atoms with Gasteiger partial charge in [0.05, 0.1) is 0 Å². The Hall–Kier alpha value is -2.70. The molecule has 1 heterocycles. The molecule has 1 saturated heterocycles. The monoisotopic (exact) mass is 277 g/mol. The maximum Gasteiger partial charge on any atom is 0.539 e. The van der Waals surface area contributed by atoms with Crippen LogP contribution >= 0.6 is 0 Å². The Morgan fingerprint density at radius 3 is 2.40 bits per heavy atom. The number of carbonyl (C=O) groups excluding carboxylic acids is 4. The van der Waals surface area contributed by atoms with E-state index in [9.17, 15) is 19.2 Å². The molecule has 0 aliphatic carbocycles. The minimum atomic E-state index is -1.21. The average Bonchev–Trinajstić information content (AvgIpc) is 2.71. The number of rotatable bonds is 3. The first-order valence-corrected chi connectivity index (χ1v) is 5.84. The van der Waals surface area contributed by atoms with E-state index in [4.69, 9.17) is 4.74 Å². The Bertz CT molecular complexity index is 578. The van der Waals surface area contributed by atoms with Crippen molar-refractivity contribution in [2.24, 2.45) is 0 Å². The topological polar surface area (TPSA) is 90.0 Å². The molecule has 0 unspecified atom stereocenters. The molecule has 7 nitrogen and oxygen atoms in total. The lowest BCUT2D eigenvalue weighted by Crippen LogP contribution is -2.33. The normalized spacial score (nSPS) is 14.3. The Labute approximate surface area is 114 Å². The van der Waals surface area contributed by atoms with Crippen LogP contribution in [0.25, 0.3) is 0 Å². The van der Waals surface area contributed by atoms with E-state index in [1.165, 1.54) is 25.1 Å². The number of carbonyl (C=O) groups is 4. The fourth-order valence-electron chi connectivity index (χ4n) is 1.63. The molecule has 0 radical (unpaired) electrons. The Morgan fingerprint density at radius 2 is 1.80 bits per heavy atom. The number of nitrogens with zero attached hydrogens (tertiary/aromatic N) is 1. The third-order valence-corrected chi connectivity index (χ3v) is 2.61.